The molecule has 0 saturated heterocycles. The maximum absolute atomic E-state index is 5.10. The van der Waals surface area contributed by atoms with Crippen LogP contribution in [0, 0.1) is 12.3 Å². The molecule has 0 aromatic carbocycles. The van der Waals surface area contributed by atoms with Crippen molar-refractivity contribution in [3.63, 3.8) is 0 Å². The topological polar surface area (TPSA) is 15.3 Å². The van der Waals surface area contributed by atoms with Crippen LogP contribution in [-0.4, -0.2) is 38.1 Å². The van der Waals surface area contributed by atoms with Gasteiger partial charge in [0.25, 0.3) is 0 Å². The van der Waals surface area contributed by atoms with Crippen LogP contribution in [0.25, 0.3) is 0 Å². The number of nitrogens with one attached hydrogen (secondary N) is 1. The summed E-state index contributed by atoms with van der Waals surface area (Å²) in [5, 5.41) is 3.28. The highest BCUT2D eigenvalue weighted by Gasteiger charge is 2.01. The Morgan fingerprint density at radius 1 is 1.55 bits per heavy atom. The largest absolute Gasteiger partial charge is 0.314 e. The molecule has 11 heavy (non-hydrogen) atoms. The molecular formula is C9H18N2. The van der Waals surface area contributed by atoms with E-state index < -0.39 is 0 Å². The molecule has 0 rings (SSSR count). The zero-order chi connectivity index (χ0) is 8.69. The Balaban J connectivity index is 3.19. The smallest absolute Gasteiger partial charge is 0.0211 e. The fourth-order valence-corrected chi connectivity index (χ4v) is 0.654. The van der Waals surface area contributed by atoms with Gasteiger partial charge in [0.05, 0.1) is 0 Å². The normalized spacial score (nSPS) is 13.0. The van der Waals surface area contributed by atoms with Crippen molar-refractivity contribution >= 4 is 0 Å². The van der Waals surface area contributed by atoms with Crippen LogP contribution in [0.3, 0.4) is 0 Å². The SMILES string of the molecule is C#CCCNCC(C)N(C)C. The van der Waals surface area contributed by atoms with E-state index in [0.29, 0.717) is 6.04 Å². The molecule has 0 fully saturated rings. The van der Waals surface area contributed by atoms with Gasteiger partial charge in [-0.05, 0) is 21.0 Å². The lowest BCUT2D eigenvalue weighted by Gasteiger charge is -2.19. The molecule has 0 aromatic heterocycles. The molecule has 0 bridgehead atoms. The number of nitrogens with zero attached hydrogens (tertiary/aromatic N) is 1. The third-order valence-corrected chi connectivity index (χ3v) is 1.77. The summed E-state index contributed by atoms with van der Waals surface area (Å²) in [4.78, 5) is 2.18. The molecule has 0 saturated carbocycles. The summed E-state index contributed by atoms with van der Waals surface area (Å²) in [7, 11) is 4.15. The molecule has 0 aromatic rings. The van der Waals surface area contributed by atoms with E-state index in [1.807, 2.05) is 0 Å². The van der Waals surface area contributed by atoms with Gasteiger partial charge >= 0.3 is 0 Å². The molecule has 1 atom stereocenters. The molecule has 2 nitrogen and oxygen atoms in total. The van der Waals surface area contributed by atoms with Gasteiger partial charge in [-0.3, -0.25) is 0 Å². The molecule has 0 aliphatic rings. The van der Waals surface area contributed by atoms with E-state index >= 15 is 0 Å². The number of hydrogen-bond donors (Lipinski definition) is 1. The highest BCUT2D eigenvalue weighted by Crippen LogP contribution is 1.87. The quantitative estimate of drug-likeness (QED) is 0.459. The van der Waals surface area contributed by atoms with Gasteiger partial charge in [0, 0.05) is 25.6 Å². The molecule has 1 N–H and O–H groups in total. The molecule has 64 valence electrons. The van der Waals surface area contributed by atoms with E-state index in [9.17, 15) is 0 Å². The average Bonchev–Trinajstić information content (AvgIpc) is 1.97. The van der Waals surface area contributed by atoms with Gasteiger partial charge in [-0.25, -0.2) is 0 Å². The van der Waals surface area contributed by atoms with Crippen LogP contribution in [0.5, 0.6) is 0 Å². The predicted octanol–water partition coefficient (Wildman–Crippen LogP) is 0.549. The molecule has 2 heteroatoms. The molecule has 1 unspecified atom stereocenters. The Bertz CT molecular complexity index is 124. The van der Waals surface area contributed by atoms with Crippen molar-refractivity contribution in [3.05, 3.63) is 0 Å². The second-order valence-corrected chi connectivity index (χ2v) is 2.97. The van der Waals surface area contributed by atoms with Gasteiger partial charge in [-0.2, -0.15) is 0 Å². The zero-order valence-electron chi connectivity index (χ0n) is 7.72. The van der Waals surface area contributed by atoms with Crippen LogP contribution in [0.1, 0.15) is 13.3 Å². The first-order valence-corrected chi connectivity index (χ1v) is 3.99. The van der Waals surface area contributed by atoms with Crippen molar-refractivity contribution in [2.45, 2.75) is 19.4 Å². The van der Waals surface area contributed by atoms with Crippen molar-refractivity contribution in [2.24, 2.45) is 0 Å². The molecule has 0 aliphatic carbocycles. The van der Waals surface area contributed by atoms with Gasteiger partial charge in [0.2, 0.25) is 0 Å². The highest BCUT2D eigenvalue weighted by atomic mass is 15.1. The summed E-state index contributed by atoms with van der Waals surface area (Å²) in [6.45, 7) is 4.12. The van der Waals surface area contributed by atoms with Crippen molar-refractivity contribution in [3.8, 4) is 12.3 Å². The van der Waals surface area contributed by atoms with E-state index in [-0.39, 0.29) is 0 Å². The minimum atomic E-state index is 0.577. The summed E-state index contributed by atoms with van der Waals surface area (Å²) in [6, 6.07) is 0.577. The van der Waals surface area contributed by atoms with Crippen LogP contribution in [0.15, 0.2) is 0 Å². The highest BCUT2D eigenvalue weighted by molar-refractivity contribution is 4.84. The fraction of sp³-hybridized carbons (Fsp3) is 0.778. The average molecular weight is 154 g/mol. The fourth-order valence-electron chi connectivity index (χ4n) is 0.654. The molecule has 0 aliphatic heterocycles. The second kappa shape index (κ2) is 6.21. The van der Waals surface area contributed by atoms with Crippen LogP contribution in [-0.2, 0) is 0 Å². The molecule has 0 spiro atoms. The summed E-state index contributed by atoms with van der Waals surface area (Å²) in [5.74, 6) is 2.59. The summed E-state index contributed by atoms with van der Waals surface area (Å²) in [5.41, 5.74) is 0. The lowest BCUT2D eigenvalue weighted by Crippen LogP contribution is -2.35. The maximum Gasteiger partial charge on any atom is 0.0211 e. The Labute approximate surface area is 70.0 Å². The van der Waals surface area contributed by atoms with E-state index in [0.717, 1.165) is 19.5 Å². The Kier molecular flexibility index (Phi) is 5.91. The van der Waals surface area contributed by atoms with Gasteiger partial charge in [0.1, 0.15) is 0 Å². The van der Waals surface area contributed by atoms with Crippen molar-refractivity contribution in [1.29, 1.82) is 0 Å². The van der Waals surface area contributed by atoms with Gasteiger partial charge < -0.3 is 10.2 Å². The molecular weight excluding hydrogens is 136 g/mol. The van der Waals surface area contributed by atoms with E-state index in [1.54, 1.807) is 0 Å². The molecule has 0 radical (unpaired) electrons. The monoisotopic (exact) mass is 154 g/mol. The summed E-state index contributed by atoms with van der Waals surface area (Å²) >= 11 is 0. The van der Waals surface area contributed by atoms with Crippen molar-refractivity contribution < 1.29 is 0 Å². The Hall–Kier alpha value is -0.520. The number of likely N-dealkylation sites (N-methyl/N-ethyl adjacent to an activating group) is 1. The number of terminal acetylenes is 1. The summed E-state index contributed by atoms with van der Waals surface area (Å²) < 4.78 is 0. The lowest BCUT2D eigenvalue weighted by molar-refractivity contribution is 0.304. The number of rotatable bonds is 5. The van der Waals surface area contributed by atoms with E-state index in [1.165, 1.54) is 0 Å². The predicted molar refractivity (Wildman–Crippen MR) is 49.5 cm³/mol. The molecule has 0 amide bonds. The summed E-state index contributed by atoms with van der Waals surface area (Å²) in [6.07, 6.45) is 5.92. The van der Waals surface area contributed by atoms with Crippen LogP contribution >= 0.6 is 0 Å². The molecule has 0 heterocycles. The zero-order valence-corrected chi connectivity index (χ0v) is 7.72. The minimum Gasteiger partial charge on any atom is -0.314 e. The van der Waals surface area contributed by atoms with Crippen molar-refractivity contribution in [1.82, 2.24) is 10.2 Å². The van der Waals surface area contributed by atoms with Crippen LogP contribution < -0.4 is 5.32 Å². The maximum atomic E-state index is 5.10. The third kappa shape index (κ3) is 5.90. The van der Waals surface area contributed by atoms with E-state index in [4.69, 9.17) is 6.42 Å². The van der Waals surface area contributed by atoms with Crippen LogP contribution in [0.2, 0.25) is 0 Å². The first kappa shape index (κ1) is 10.5. The van der Waals surface area contributed by atoms with Gasteiger partial charge in [0.15, 0.2) is 0 Å². The minimum absolute atomic E-state index is 0.577. The number of hydrogen-bond acceptors (Lipinski definition) is 2. The lowest BCUT2D eigenvalue weighted by atomic mass is 10.3. The van der Waals surface area contributed by atoms with Gasteiger partial charge in [-0.15, -0.1) is 12.3 Å². The standard InChI is InChI=1S/C9H18N2/c1-5-6-7-10-8-9(2)11(3)4/h1,9-10H,6-8H2,2-4H3. The Morgan fingerprint density at radius 2 is 2.18 bits per heavy atom. The van der Waals surface area contributed by atoms with E-state index in [2.05, 4.69) is 37.2 Å². The third-order valence-electron chi connectivity index (χ3n) is 1.77. The van der Waals surface area contributed by atoms with Gasteiger partial charge in [-0.1, -0.05) is 0 Å². The first-order valence-electron chi connectivity index (χ1n) is 3.99. The second-order valence-electron chi connectivity index (χ2n) is 2.97. The Morgan fingerprint density at radius 3 is 2.64 bits per heavy atom. The van der Waals surface area contributed by atoms with Crippen molar-refractivity contribution in [2.75, 3.05) is 27.2 Å². The van der Waals surface area contributed by atoms with Crippen LogP contribution in [0.4, 0.5) is 0 Å². The first-order chi connectivity index (χ1) is 5.18.